The maximum absolute atomic E-state index is 14.5. The number of ether oxygens (including phenoxy) is 6. The Morgan fingerprint density at radius 3 is 1.56 bits per heavy atom. The molecule has 0 aromatic carbocycles. The van der Waals surface area contributed by atoms with E-state index in [1.807, 2.05) is 0 Å². The lowest BCUT2D eigenvalue weighted by atomic mass is 9.93. The quantitative estimate of drug-likeness (QED) is 0.240. The zero-order chi connectivity index (χ0) is 30.4. The van der Waals surface area contributed by atoms with Crippen LogP contribution < -0.4 is 4.90 Å². The number of nitrogens with zero attached hydrogens (tertiary/aromatic N) is 3. The van der Waals surface area contributed by atoms with Gasteiger partial charge in [0.2, 0.25) is 11.6 Å². The molecule has 2 atom stereocenters. The number of pyridine rings is 2. The van der Waals surface area contributed by atoms with E-state index in [0.717, 1.165) is 0 Å². The Kier molecular flexibility index (Phi) is 12.0. The number of hydrogen-bond acceptors (Lipinski definition) is 9. The fourth-order valence-corrected chi connectivity index (χ4v) is 5.45. The van der Waals surface area contributed by atoms with Crippen LogP contribution in [0.3, 0.4) is 0 Å². The average molecular weight is 651 g/mol. The number of carbonyl (C=O) groups excluding carboxylic acids is 1. The molecule has 0 aliphatic heterocycles. The second-order valence-corrected chi connectivity index (χ2v) is 10.6. The van der Waals surface area contributed by atoms with Crippen LogP contribution in [-0.4, -0.2) is 81.3 Å². The van der Waals surface area contributed by atoms with Gasteiger partial charge in [-0.05, 0) is 32.1 Å². The summed E-state index contributed by atoms with van der Waals surface area (Å²) in [5, 5.41) is 0.276. The molecule has 0 spiro atoms. The summed E-state index contributed by atoms with van der Waals surface area (Å²) >= 11 is 26.1. The molecule has 2 unspecified atom stereocenters. The van der Waals surface area contributed by atoms with E-state index in [9.17, 15) is 4.79 Å². The summed E-state index contributed by atoms with van der Waals surface area (Å²) in [6, 6.07) is 0. The lowest BCUT2D eigenvalue weighted by Crippen LogP contribution is -2.62. The highest BCUT2D eigenvalue weighted by Gasteiger charge is 2.57. The molecule has 3 rings (SSSR count). The van der Waals surface area contributed by atoms with E-state index in [1.54, 1.807) is 13.8 Å². The van der Waals surface area contributed by atoms with Crippen LogP contribution in [0.15, 0.2) is 48.6 Å². The fraction of sp³-hybridized carbons (Fsp3) is 0.444. The molecule has 224 valence electrons. The first-order valence-corrected chi connectivity index (χ1v) is 13.8. The van der Waals surface area contributed by atoms with Gasteiger partial charge >= 0.3 is 0 Å². The highest BCUT2D eigenvalue weighted by molar-refractivity contribution is 6.43. The molecule has 14 heteroatoms. The minimum atomic E-state index is -1.81. The Hall–Kier alpha value is -1.83. The lowest BCUT2D eigenvalue weighted by molar-refractivity contribution is -0.380. The van der Waals surface area contributed by atoms with Crippen molar-refractivity contribution in [1.29, 1.82) is 0 Å². The summed E-state index contributed by atoms with van der Waals surface area (Å²) in [6.45, 7) is 3.95. The smallest absolute Gasteiger partial charge is 0.262 e. The van der Waals surface area contributed by atoms with Crippen molar-refractivity contribution in [3.63, 3.8) is 0 Å². The molecule has 1 aliphatic carbocycles. The normalized spacial score (nSPS) is 19.5. The van der Waals surface area contributed by atoms with Crippen LogP contribution >= 0.6 is 46.4 Å². The van der Waals surface area contributed by atoms with Crippen LogP contribution in [0.4, 0.5) is 11.4 Å². The first kappa shape index (κ1) is 33.7. The molecule has 2 aromatic rings. The second-order valence-electron chi connectivity index (χ2n) is 8.99. The largest absolute Gasteiger partial charge is 0.382 e. The van der Waals surface area contributed by atoms with E-state index in [2.05, 4.69) is 9.97 Å². The topological polar surface area (TPSA) is 101 Å². The Labute approximate surface area is 259 Å². The minimum Gasteiger partial charge on any atom is -0.382 e. The van der Waals surface area contributed by atoms with E-state index in [-0.39, 0.29) is 50.3 Å². The first-order valence-electron chi connectivity index (χ1n) is 12.3. The summed E-state index contributed by atoms with van der Waals surface area (Å²) < 4.78 is 35.1. The van der Waals surface area contributed by atoms with Crippen molar-refractivity contribution in [2.45, 2.75) is 37.6 Å². The van der Waals surface area contributed by atoms with Crippen LogP contribution in [0.25, 0.3) is 0 Å². The van der Waals surface area contributed by atoms with Crippen LogP contribution in [-0.2, 0) is 33.2 Å². The number of aromatic nitrogens is 2. The summed E-state index contributed by atoms with van der Waals surface area (Å²) in [7, 11) is 5.93. The number of halogens is 4. The number of methoxy groups -OCH3 is 4. The second kappa shape index (κ2) is 14.6. The van der Waals surface area contributed by atoms with E-state index in [1.165, 1.54) is 76.4 Å². The van der Waals surface area contributed by atoms with E-state index in [0.29, 0.717) is 0 Å². The van der Waals surface area contributed by atoms with Crippen LogP contribution in [0.1, 0.15) is 13.8 Å². The third-order valence-electron chi connectivity index (χ3n) is 6.03. The third kappa shape index (κ3) is 7.05. The summed E-state index contributed by atoms with van der Waals surface area (Å²) in [6.07, 6.45) is 8.76. The van der Waals surface area contributed by atoms with Gasteiger partial charge in [0.15, 0.2) is 0 Å². The fourth-order valence-electron chi connectivity index (χ4n) is 4.38. The minimum absolute atomic E-state index is 0.0690. The lowest BCUT2D eigenvalue weighted by Gasteiger charge is -2.48. The number of hydrogen-bond donors (Lipinski definition) is 0. The molecule has 1 amide bonds. The average Bonchev–Trinajstić information content (AvgIpc) is 2.91. The van der Waals surface area contributed by atoms with Crippen LogP contribution in [0, 0.1) is 0 Å². The Balaban J connectivity index is 2.30. The van der Waals surface area contributed by atoms with E-state index >= 15 is 0 Å². The van der Waals surface area contributed by atoms with Crippen molar-refractivity contribution in [2.24, 2.45) is 0 Å². The molecule has 10 nitrogen and oxygen atoms in total. The molecule has 0 fully saturated rings. The van der Waals surface area contributed by atoms with Gasteiger partial charge in [-0.25, -0.2) is 0 Å². The number of carbonyl (C=O) groups is 1. The summed E-state index contributed by atoms with van der Waals surface area (Å²) in [5.41, 5.74) is 0.277. The van der Waals surface area contributed by atoms with Crippen LogP contribution in [0.5, 0.6) is 0 Å². The van der Waals surface area contributed by atoms with Gasteiger partial charge in [0.1, 0.15) is 0 Å². The third-order valence-corrected chi connectivity index (χ3v) is 7.14. The maximum Gasteiger partial charge on any atom is 0.262 e. The first-order chi connectivity index (χ1) is 19.5. The van der Waals surface area contributed by atoms with Crippen molar-refractivity contribution in [2.75, 3.05) is 46.6 Å². The number of amides is 1. The van der Waals surface area contributed by atoms with Gasteiger partial charge in [-0.1, -0.05) is 46.4 Å². The molecule has 0 N–H and O–H groups in total. The van der Waals surface area contributed by atoms with Gasteiger partial charge in [0.05, 0.1) is 56.9 Å². The number of rotatable bonds is 13. The van der Waals surface area contributed by atoms with Crippen molar-refractivity contribution in [3.8, 4) is 0 Å². The zero-order valence-corrected chi connectivity index (χ0v) is 26.3. The van der Waals surface area contributed by atoms with Crippen molar-refractivity contribution >= 4 is 63.7 Å². The van der Waals surface area contributed by atoms with Gasteiger partial charge in [-0.3, -0.25) is 19.7 Å². The van der Waals surface area contributed by atoms with E-state index < -0.39 is 29.7 Å². The Morgan fingerprint density at radius 1 is 0.780 bits per heavy atom. The maximum atomic E-state index is 14.5. The Morgan fingerprint density at radius 2 is 1.20 bits per heavy atom. The monoisotopic (exact) mass is 649 g/mol. The predicted molar refractivity (Wildman–Crippen MR) is 157 cm³/mol. The van der Waals surface area contributed by atoms with Gasteiger partial charge < -0.3 is 28.4 Å². The molecule has 0 radical (unpaired) electrons. The predicted octanol–water partition coefficient (Wildman–Crippen LogP) is 6.04. The SMILES string of the molecule is COCC(C)OC1(OC(C)COC)C=C(C(=O)N(c2c(Cl)cncc2Cl)c2c(Cl)cncc2Cl)C=CC1(OC)OC. The molecular formula is C27H31Cl4N3O7. The Bertz CT molecular complexity index is 1180. The van der Waals surface area contributed by atoms with Crippen molar-refractivity contribution in [3.05, 3.63) is 68.7 Å². The van der Waals surface area contributed by atoms with Crippen molar-refractivity contribution in [1.82, 2.24) is 9.97 Å². The van der Waals surface area contributed by atoms with Gasteiger partial charge in [-0.15, -0.1) is 0 Å². The molecular weight excluding hydrogens is 620 g/mol. The highest BCUT2D eigenvalue weighted by atomic mass is 35.5. The van der Waals surface area contributed by atoms with Gasteiger partial charge in [0, 0.05) is 58.8 Å². The molecule has 2 aromatic heterocycles. The summed E-state index contributed by atoms with van der Waals surface area (Å²) in [5.74, 6) is -4.07. The zero-order valence-electron chi connectivity index (χ0n) is 23.3. The van der Waals surface area contributed by atoms with Gasteiger partial charge in [-0.2, -0.15) is 0 Å². The van der Waals surface area contributed by atoms with E-state index in [4.69, 9.17) is 74.8 Å². The molecule has 0 saturated carbocycles. The van der Waals surface area contributed by atoms with Crippen LogP contribution in [0.2, 0.25) is 20.1 Å². The summed E-state index contributed by atoms with van der Waals surface area (Å²) in [4.78, 5) is 23.7. The molecule has 1 aliphatic rings. The standard InChI is InChI=1S/C27H31Cl4N3O7/c1-16(14-36-3)40-27(41-17(2)15-37-4)9-18(7-8-26(27,38-5)39-6)25(35)34(23-19(28)10-32-11-20(23)29)24-21(30)12-33-13-22(24)31/h7-13,16-17H,14-15H2,1-6H3. The number of anilines is 2. The van der Waals surface area contributed by atoms with Gasteiger partial charge in [0.25, 0.3) is 5.91 Å². The molecule has 0 saturated heterocycles. The molecule has 41 heavy (non-hydrogen) atoms. The highest BCUT2D eigenvalue weighted by Crippen LogP contribution is 2.46. The molecule has 2 heterocycles. The molecule has 0 bridgehead atoms. The van der Waals surface area contributed by atoms with Crippen molar-refractivity contribution < 1.29 is 33.2 Å².